The van der Waals surface area contributed by atoms with Gasteiger partial charge in [-0.2, -0.15) is 0 Å². The van der Waals surface area contributed by atoms with Crippen LogP contribution in [0.15, 0.2) is 0 Å². The molecule has 0 saturated carbocycles. The van der Waals surface area contributed by atoms with Gasteiger partial charge in [-0.05, 0) is 26.2 Å². The third kappa shape index (κ3) is 17.5. The summed E-state index contributed by atoms with van der Waals surface area (Å²) in [6.07, 6.45) is 13.9. The molecule has 148 valence electrons. The predicted molar refractivity (Wildman–Crippen MR) is 103 cm³/mol. The van der Waals surface area contributed by atoms with Crippen LogP contribution in [0.5, 0.6) is 0 Å². The van der Waals surface area contributed by atoms with Crippen molar-refractivity contribution in [3.05, 3.63) is 0 Å². The fourth-order valence-corrected chi connectivity index (χ4v) is 2.82. The molecule has 1 N–H and O–H groups in total. The molecule has 0 aromatic carbocycles. The summed E-state index contributed by atoms with van der Waals surface area (Å²) in [7, 11) is 3.38. The number of hydrogen-bond acceptors (Lipinski definition) is 4. The van der Waals surface area contributed by atoms with Crippen molar-refractivity contribution in [2.24, 2.45) is 0 Å². The van der Waals surface area contributed by atoms with Gasteiger partial charge in [0.1, 0.15) is 0 Å². The lowest BCUT2D eigenvalue weighted by Gasteiger charge is -2.14. The number of hydrogen-bond donors (Lipinski definition) is 1. The minimum absolute atomic E-state index is 0.109. The highest BCUT2D eigenvalue weighted by atomic mass is 16.7. The van der Waals surface area contributed by atoms with Gasteiger partial charge in [-0.3, -0.25) is 9.59 Å². The van der Waals surface area contributed by atoms with Crippen molar-refractivity contribution in [2.45, 2.75) is 103 Å². The van der Waals surface area contributed by atoms with E-state index >= 15 is 0 Å². The number of carbonyl (C=O) groups is 2. The Hall–Kier alpha value is -1.10. The molecule has 1 unspecified atom stereocenters. The Morgan fingerprint density at radius 1 is 0.880 bits per heavy atom. The van der Waals surface area contributed by atoms with E-state index in [1.165, 1.54) is 50.0 Å². The molecule has 0 spiro atoms. The van der Waals surface area contributed by atoms with Crippen molar-refractivity contribution in [3.63, 3.8) is 0 Å². The second-order valence-corrected chi connectivity index (χ2v) is 7.21. The molecular weight excluding hydrogens is 316 g/mol. The highest BCUT2D eigenvalue weighted by molar-refractivity contribution is 5.76. The summed E-state index contributed by atoms with van der Waals surface area (Å²) in [6.45, 7) is 4.23. The van der Waals surface area contributed by atoms with E-state index in [9.17, 15) is 9.59 Å². The zero-order chi connectivity index (χ0) is 18.9. The average molecular weight is 357 g/mol. The van der Waals surface area contributed by atoms with Gasteiger partial charge >= 0.3 is 5.97 Å². The molecule has 1 amide bonds. The topological polar surface area (TPSA) is 58.6 Å². The van der Waals surface area contributed by atoms with Gasteiger partial charge in [0.15, 0.2) is 0 Å². The fraction of sp³-hybridized carbons (Fsp3) is 0.900. The van der Waals surface area contributed by atoms with E-state index < -0.39 is 0 Å². The molecular formula is C20H40N2O3. The maximum atomic E-state index is 11.9. The number of amides is 1. The predicted octanol–water partition coefficient (Wildman–Crippen LogP) is 4.60. The summed E-state index contributed by atoms with van der Waals surface area (Å²) < 4.78 is 0. The Labute approximate surface area is 154 Å². The lowest BCUT2D eigenvalue weighted by atomic mass is 10.1. The fourth-order valence-electron chi connectivity index (χ4n) is 2.82. The number of carbonyl (C=O) groups excluding carboxylic acids is 2. The molecule has 0 saturated heterocycles. The van der Waals surface area contributed by atoms with Gasteiger partial charge in [-0.25, -0.2) is 0 Å². The molecule has 0 aromatic rings. The molecule has 1 atom stereocenters. The Kier molecular flexibility index (Phi) is 15.7. The molecule has 0 aliphatic carbocycles. The van der Waals surface area contributed by atoms with E-state index in [1.807, 2.05) is 6.92 Å². The van der Waals surface area contributed by atoms with Crippen LogP contribution in [0, 0.1) is 0 Å². The lowest BCUT2D eigenvalue weighted by molar-refractivity contribution is -0.178. The minimum atomic E-state index is -0.224. The normalized spacial score (nSPS) is 12.2. The Morgan fingerprint density at radius 2 is 1.44 bits per heavy atom. The molecule has 0 rings (SSSR count). The van der Waals surface area contributed by atoms with E-state index in [-0.39, 0.29) is 17.9 Å². The van der Waals surface area contributed by atoms with Gasteiger partial charge in [0.05, 0.1) is 0 Å². The molecule has 0 fully saturated rings. The maximum absolute atomic E-state index is 11.9. The molecule has 0 radical (unpaired) electrons. The monoisotopic (exact) mass is 356 g/mol. The van der Waals surface area contributed by atoms with E-state index in [2.05, 4.69) is 12.2 Å². The molecule has 0 aliphatic heterocycles. The number of hydroxylamine groups is 2. The first-order chi connectivity index (χ1) is 12.0. The number of unbranched alkanes of at least 4 members (excludes halogenated alkanes) is 8. The van der Waals surface area contributed by atoms with Crippen molar-refractivity contribution in [3.8, 4) is 0 Å². The zero-order valence-electron chi connectivity index (χ0n) is 16.9. The number of nitrogens with zero attached hydrogens (tertiary/aromatic N) is 1. The van der Waals surface area contributed by atoms with Crippen LogP contribution in [-0.2, 0) is 14.4 Å². The van der Waals surface area contributed by atoms with Crippen LogP contribution >= 0.6 is 0 Å². The van der Waals surface area contributed by atoms with Crippen LogP contribution in [0.3, 0.4) is 0 Å². The van der Waals surface area contributed by atoms with Crippen molar-refractivity contribution in [2.75, 3.05) is 14.1 Å². The lowest BCUT2D eigenvalue weighted by Crippen LogP contribution is -2.32. The summed E-state index contributed by atoms with van der Waals surface area (Å²) in [5.41, 5.74) is 0. The van der Waals surface area contributed by atoms with Gasteiger partial charge in [0.2, 0.25) is 5.91 Å². The first-order valence-electron chi connectivity index (χ1n) is 10.1. The summed E-state index contributed by atoms with van der Waals surface area (Å²) in [6, 6.07) is 0.109. The highest BCUT2D eigenvalue weighted by Gasteiger charge is 2.09. The zero-order valence-corrected chi connectivity index (χ0v) is 16.9. The van der Waals surface area contributed by atoms with Crippen molar-refractivity contribution in [1.29, 1.82) is 0 Å². The van der Waals surface area contributed by atoms with Crippen molar-refractivity contribution >= 4 is 11.9 Å². The van der Waals surface area contributed by atoms with E-state index in [4.69, 9.17) is 4.84 Å². The van der Waals surface area contributed by atoms with Gasteiger partial charge in [0.25, 0.3) is 0 Å². The van der Waals surface area contributed by atoms with E-state index in [0.29, 0.717) is 12.8 Å². The standard InChI is InChI=1S/C20H40N2O3/c1-5-6-7-8-9-10-11-12-13-16-19(23)21-18(2)15-14-17-20(24)25-22(3)4/h18H,5-17H2,1-4H3,(H,21,23). The van der Waals surface area contributed by atoms with Gasteiger partial charge in [0, 0.05) is 33.0 Å². The molecule has 0 bridgehead atoms. The van der Waals surface area contributed by atoms with Gasteiger partial charge in [-0.1, -0.05) is 58.3 Å². The molecule has 0 heterocycles. The second-order valence-electron chi connectivity index (χ2n) is 7.21. The molecule has 5 nitrogen and oxygen atoms in total. The van der Waals surface area contributed by atoms with Crippen LogP contribution < -0.4 is 5.32 Å². The summed E-state index contributed by atoms with van der Waals surface area (Å²) in [4.78, 5) is 28.2. The average Bonchev–Trinajstić information content (AvgIpc) is 2.52. The Bertz CT molecular complexity index is 346. The quantitative estimate of drug-likeness (QED) is 0.324. The SMILES string of the molecule is CCCCCCCCCCCC(=O)NC(C)CCCC(=O)ON(C)C. The number of nitrogens with one attached hydrogen (secondary N) is 1. The third-order valence-electron chi connectivity index (χ3n) is 4.22. The smallest absolute Gasteiger partial charge is 0.325 e. The van der Waals surface area contributed by atoms with Crippen LogP contribution in [0.25, 0.3) is 0 Å². The molecule has 5 heteroatoms. The third-order valence-corrected chi connectivity index (χ3v) is 4.22. The first kappa shape index (κ1) is 23.9. The van der Waals surface area contributed by atoms with E-state index in [0.717, 1.165) is 25.7 Å². The van der Waals surface area contributed by atoms with Crippen LogP contribution in [0.2, 0.25) is 0 Å². The molecule has 0 aromatic heterocycles. The first-order valence-corrected chi connectivity index (χ1v) is 10.1. The molecule has 0 aliphatic rings. The Morgan fingerprint density at radius 3 is 2.00 bits per heavy atom. The summed E-state index contributed by atoms with van der Waals surface area (Å²) in [5.74, 6) is -0.0930. The Balaban J connectivity index is 3.48. The van der Waals surface area contributed by atoms with Gasteiger partial charge in [-0.15, -0.1) is 5.06 Å². The second kappa shape index (κ2) is 16.4. The number of rotatable bonds is 16. The minimum Gasteiger partial charge on any atom is -0.369 e. The largest absolute Gasteiger partial charge is 0.369 e. The summed E-state index contributed by atoms with van der Waals surface area (Å²) >= 11 is 0. The van der Waals surface area contributed by atoms with E-state index in [1.54, 1.807) is 14.1 Å². The van der Waals surface area contributed by atoms with Gasteiger partial charge < -0.3 is 10.2 Å². The summed E-state index contributed by atoms with van der Waals surface area (Å²) in [5, 5.41) is 4.42. The molecule has 25 heavy (non-hydrogen) atoms. The maximum Gasteiger partial charge on any atom is 0.325 e. The highest BCUT2D eigenvalue weighted by Crippen LogP contribution is 2.10. The van der Waals surface area contributed by atoms with Crippen molar-refractivity contribution in [1.82, 2.24) is 10.4 Å². The van der Waals surface area contributed by atoms with Crippen LogP contribution in [0.1, 0.15) is 97.3 Å². The van der Waals surface area contributed by atoms with Crippen molar-refractivity contribution < 1.29 is 14.4 Å². The van der Waals surface area contributed by atoms with Crippen LogP contribution in [-0.4, -0.2) is 37.1 Å². The van der Waals surface area contributed by atoms with Crippen LogP contribution in [0.4, 0.5) is 0 Å².